The first-order chi connectivity index (χ1) is 62.0. The Balaban J connectivity index is 0.000000120. The maximum Gasteiger partial charge on any atom is 0.319 e. The van der Waals surface area contributed by atoms with E-state index in [0.29, 0.717) is 76.5 Å². The molecule has 0 aliphatic carbocycles. The number of likely N-dealkylation sites (tertiary alicyclic amines) is 3. The molecule has 0 aromatic carbocycles. The Hall–Kier alpha value is -13.9. The molecule has 20 rings (SSSR count). The highest BCUT2D eigenvalue weighted by Crippen LogP contribution is 2.37. The second kappa shape index (κ2) is 36.6. The van der Waals surface area contributed by atoms with E-state index in [1.54, 1.807) is 68.9 Å². The number of hydrogen-bond acceptors (Lipinski definition) is 21. The first kappa shape index (κ1) is 86.2. The lowest BCUT2D eigenvalue weighted by Crippen LogP contribution is -2.53. The Bertz CT molecular complexity index is 6700. The minimum absolute atomic E-state index is 0.0306. The molecule has 20 heterocycles. The second-order valence-electron chi connectivity index (χ2n) is 33.3. The number of rotatable bonds is 25. The summed E-state index contributed by atoms with van der Waals surface area (Å²) in [4.78, 5) is 62.1. The summed E-state index contributed by atoms with van der Waals surface area (Å²) in [5, 5.41) is 56.8. The third-order valence-electron chi connectivity index (χ3n) is 24.9. The van der Waals surface area contributed by atoms with Gasteiger partial charge >= 0.3 is 12.1 Å². The molecule has 5 amide bonds. The quantitative estimate of drug-likeness (QED) is 0.0555. The SMILES string of the molecule is CCC(CC)n1cc(-c2nc(-c3cnn(C4CN(C(=O)N(C)C)C4)c3)cn3nccc23)cn1.CCC(CC)n1cc(-c2nc(-c3cnn(C4CN(C(=O)NC)C4)c3)cn3nccc23)cn1.CCC(CC)n1cc(-c2nc(-c3cnn(C4CN(C(C)=O)C4)c3)cn3nccc23)cn1.CCC(CC)n1cc(-c2nc(-c3cnn(C4CN(S(C)(=O)=O)C4)c3)cn3nccc23)cn1. The summed E-state index contributed by atoms with van der Waals surface area (Å²) in [6.45, 7) is 23.9. The minimum Gasteiger partial charge on any atom is -0.341 e. The Morgan fingerprint density at radius 2 is 0.617 bits per heavy atom. The predicted octanol–water partition coefficient (Wildman–Crippen LogP) is 12.2. The van der Waals surface area contributed by atoms with Crippen molar-refractivity contribution in [2.75, 3.05) is 79.8 Å². The number of sulfonamides is 1. The van der Waals surface area contributed by atoms with Crippen molar-refractivity contribution in [3.8, 4) is 90.1 Å². The minimum atomic E-state index is -3.15. The number of amides is 5. The third-order valence-corrected chi connectivity index (χ3v) is 26.1. The maximum atomic E-state index is 12.1. The van der Waals surface area contributed by atoms with E-state index < -0.39 is 10.0 Å². The number of carbonyl (C=O) groups is 3. The number of fused-ring (bicyclic) bond motifs is 4. The summed E-state index contributed by atoms with van der Waals surface area (Å²) in [7, 11) is 2.03. The molecule has 16 aromatic rings. The van der Waals surface area contributed by atoms with Gasteiger partial charge in [0.2, 0.25) is 15.9 Å². The average molecular weight is 1750 g/mol. The summed E-state index contributed by atoms with van der Waals surface area (Å²) in [6.07, 6.45) is 55.1. The van der Waals surface area contributed by atoms with Crippen LogP contribution in [-0.4, -0.2) is 267 Å². The van der Waals surface area contributed by atoms with Crippen molar-refractivity contribution in [2.24, 2.45) is 0 Å². The second-order valence-corrected chi connectivity index (χ2v) is 35.2. The summed E-state index contributed by atoms with van der Waals surface area (Å²) < 4.78 is 47.8. The molecule has 0 unspecified atom stereocenters. The average Bonchev–Trinajstić information content (AvgIpc) is 1.63. The monoisotopic (exact) mass is 1750 g/mol. The van der Waals surface area contributed by atoms with Crippen LogP contribution in [0.25, 0.3) is 112 Å². The van der Waals surface area contributed by atoms with E-state index in [4.69, 9.17) is 19.9 Å². The van der Waals surface area contributed by atoms with Crippen LogP contribution in [0.4, 0.5) is 9.59 Å². The molecule has 0 atom stereocenters. The van der Waals surface area contributed by atoms with Gasteiger partial charge in [-0.2, -0.15) is 65.5 Å². The van der Waals surface area contributed by atoms with Crippen molar-refractivity contribution in [3.05, 3.63) is 173 Å². The normalized spacial score (nSPS) is 14.7. The van der Waals surface area contributed by atoms with Gasteiger partial charge in [0.25, 0.3) is 0 Å². The number of hydrogen-bond donors (Lipinski definition) is 1. The summed E-state index contributed by atoms with van der Waals surface area (Å²) in [5.41, 5.74) is 17.7. The highest BCUT2D eigenvalue weighted by Gasteiger charge is 2.38. The van der Waals surface area contributed by atoms with Crippen LogP contribution < -0.4 is 5.32 Å². The van der Waals surface area contributed by atoms with Crippen LogP contribution in [0, 0.1) is 0 Å². The predicted molar refractivity (Wildman–Crippen MR) is 482 cm³/mol. The Morgan fingerprint density at radius 1 is 0.359 bits per heavy atom. The lowest BCUT2D eigenvalue weighted by molar-refractivity contribution is -0.134. The topological polar surface area (TPSA) is 377 Å². The molecular weight excluding hydrogens is 1650 g/mol. The number of nitrogens with one attached hydrogen (secondary N) is 1. The zero-order valence-electron chi connectivity index (χ0n) is 74.3. The summed E-state index contributed by atoms with van der Waals surface area (Å²) in [6, 6.07) is 9.90. The van der Waals surface area contributed by atoms with Gasteiger partial charge in [-0.3, -0.25) is 42.2 Å². The largest absolute Gasteiger partial charge is 0.341 e. The van der Waals surface area contributed by atoms with Gasteiger partial charge in [0.05, 0.1) is 221 Å². The standard InChI is InChI=1S/C23H29N9O.C22H27N9O.C22H26N8O.C21H26N8O2S/c1-5-18(6-2)30-12-17(10-26-30)22-21-7-8-24-32(21)15-20(27-22)16-9-25-31(11-16)19-13-29(14-19)23(33)28(3)4;1-4-17(5-2)29-11-16(9-26-29)21-20-6-7-24-31(20)14-19(27-21)15-8-25-30(10-15)18-12-28(13-18)22(32)23-3;1-4-18(5-2)28-11-17(9-25-28)22-21-6-7-23-30(21)14-20(26-22)16-8-24-29(10-16)19-12-27(13-19)15(3)31;1-4-17(5-2)27-11-16(9-24-27)21-20-6-7-22-29(20)14-19(25-21)15-8-23-28(10-15)18-12-26(13-18)32(3,30)31/h7-12,15,18-19H,5-6,13-14H2,1-4H3;6-11,14,17-18H,4-5,12-13H2,1-3H3,(H,23,32);6-11,14,18-19H,4-5,12-13H2,1-3H3;6-11,14,17-18H,4-5,12-13H2,1-3H3. The molecule has 0 radical (unpaired) electrons. The molecule has 40 heteroatoms. The molecule has 4 aliphatic heterocycles. The molecule has 4 saturated heterocycles. The van der Waals surface area contributed by atoms with E-state index >= 15 is 0 Å². The number of urea groups is 2. The van der Waals surface area contributed by atoms with E-state index in [0.717, 1.165) is 163 Å². The fourth-order valence-electron chi connectivity index (χ4n) is 16.8. The molecule has 0 bridgehead atoms. The van der Waals surface area contributed by atoms with E-state index in [-0.39, 0.29) is 42.1 Å². The van der Waals surface area contributed by atoms with Gasteiger partial charge in [0.1, 0.15) is 0 Å². The number of nitrogens with zero attached hydrogens (tertiary/aromatic N) is 33. The maximum absolute atomic E-state index is 12.1. The van der Waals surface area contributed by atoms with Crippen molar-refractivity contribution < 1.29 is 22.8 Å². The van der Waals surface area contributed by atoms with Crippen molar-refractivity contribution in [1.29, 1.82) is 0 Å². The Labute approximate surface area is 739 Å². The molecule has 4 fully saturated rings. The lowest BCUT2D eigenvalue weighted by Gasteiger charge is -2.40. The molecule has 1 N–H and O–H groups in total. The van der Waals surface area contributed by atoms with E-state index in [1.165, 1.54) is 10.6 Å². The number of carbonyl (C=O) groups excluding carboxylic acids is 3. The fourth-order valence-corrected chi connectivity index (χ4v) is 17.7. The van der Waals surface area contributed by atoms with Crippen LogP contribution >= 0.6 is 0 Å². The van der Waals surface area contributed by atoms with E-state index in [2.05, 4.69) is 140 Å². The van der Waals surface area contributed by atoms with Gasteiger partial charge in [0, 0.05) is 175 Å². The zero-order chi connectivity index (χ0) is 89.3. The Morgan fingerprint density at radius 3 is 0.867 bits per heavy atom. The molecular formula is C88H108N34O5S. The third kappa shape index (κ3) is 17.4. The smallest absolute Gasteiger partial charge is 0.319 e. The molecule has 39 nitrogen and oxygen atoms in total. The van der Waals surface area contributed by atoms with Gasteiger partial charge in [-0.15, -0.1) is 0 Å². The molecule has 4 aliphatic rings. The highest BCUT2D eigenvalue weighted by molar-refractivity contribution is 7.88. The molecule has 128 heavy (non-hydrogen) atoms. The van der Waals surface area contributed by atoms with Crippen LogP contribution in [0.3, 0.4) is 0 Å². The van der Waals surface area contributed by atoms with Crippen LogP contribution in [0.1, 0.15) is 162 Å². The van der Waals surface area contributed by atoms with E-state index in [9.17, 15) is 22.8 Å². The van der Waals surface area contributed by atoms with E-state index in [1.807, 2.05) is 189 Å². The summed E-state index contributed by atoms with van der Waals surface area (Å²) >= 11 is 0. The number of aromatic nitrogens is 28. The van der Waals surface area contributed by atoms with Crippen LogP contribution in [0.15, 0.2) is 173 Å². The first-order valence-electron chi connectivity index (χ1n) is 43.9. The van der Waals surface area contributed by atoms with Gasteiger partial charge in [-0.1, -0.05) is 55.4 Å². The van der Waals surface area contributed by atoms with Crippen molar-refractivity contribution in [2.45, 2.75) is 162 Å². The van der Waals surface area contributed by atoms with Gasteiger partial charge in [-0.05, 0) is 75.6 Å². The van der Waals surface area contributed by atoms with Crippen molar-refractivity contribution in [3.63, 3.8) is 0 Å². The van der Waals surface area contributed by atoms with Gasteiger partial charge in [-0.25, -0.2) is 56.0 Å². The van der Waals surface area contributed by atoms with Crippen LogP contribution in [-0.2, 0) is 14.8 Å². The highest BCUT2D eigenvalue weighted by atomic mass is 32.2. The van der Waals surface area contributed by atoms with Crippen molar-refractivity contribution >= 4 is 50.1 Å². The van der Waals surface area contributed by atoms with Crippen LogP contribution in [0.5, 0.6) is 0 Å². The van der Waals surface area contributed by atoms with Gasteiger partial charge < -0.3 is 24.9 Å². The van der Waals surface area contributed by atoms with Gasteiger partial charge in [0.15, 0.2) is 0 Å². The first-order valence-corrected chi connectivity index (χ1v) is 45.7. The molecule has 666 valence electrons. The molecule has 0 saturated carbocycles. The summed E-state index contributed by atoms with van der Waals surface area (Å²) in [5.74, 6) is 0.105. The van der Waals surface area contributed by atoms with Crippen LogP contribution in [0.2, 0.25) is 0 Å². The molecule has 0 spiro atoms. The molecule has 16 aromatic heterocycles. The van der Waals surface area contributed by atoms with Crippen molar-refractivity contribution in [1.82, 2.24) is 166 Å². The fraction of sp³-hybridized carbons (Fsp3) is 0.420. The Kier molecular flexibility index (Phi) is 24.6. The zero-order valence-corrected chi connectivity index (χ0v) is 75.1. The lowest BCUT2D eigenvalue weighted by atomic mass is 10.1.